The van der Waals surface area contributed by atoms with Gasteiger partial charge in [-0.1, -0.05) is 59.3 Å². The number of nitrogens with two attached hydrogens (primary N) is 1. The summed E-state index contributed by atoms with van der Waals surface area (Å²) in [5, 5.41) is 0. The minimum absolute atomic E-state index is 0.471. The Morgan fingerprint density at radius 3 is 2.24 bits per heavy atom. The molecule has 1 saturated carbocycles. The molecule has 0 spiro atoms. The maximum atomic E-state index is 6.40. The topological polar surface area (TPSA) is 26.0 Å². The van der Waals surface area contributed by atoms with Crippen LogP contribution in [0.2, 0.25) is 0 Å². The van der Waals surface area contributed by atoms with Gasteiger partial charge in [0.2, 0.25) is 0 Å². The summed E-state index contributed by atoms with van der Waals surface area (Å²) < 4.78 is 0. The van der Waals surface area contributed by atoms with Crippen molar-refractivity contribution in [3.63, 3.8) is 0 Å². The zero-order chi connectivity index (χ0) is 12.7. The van der Waals surface area contributed by atoms with Crippen LogP contribution in [-0.2, 0) is 0 Å². The summed E-state index contributed by atoms with van der Waals surface area (Å²) in [5.41, 5.74) is 6.40. The second-order valence-corrected chi connectivity index (χ2v) is 6.36. The molecule has 0 aromatic heterocycles. The Hall–Kier alpha value is -0.0400. The van der Waals surface area contributed by atoms with Gasteiger partial charge in [-0.15, -0.1) is 0 Å². The molecule has 2 atom stereocenters. The fraction of sp³-hybridized carbons (Fsp3) is 1.00. The lowest BCUT2D eigenvalue weighted by atomic mass is 9.75. The van der Waals surface area contributed by atoms with E-state index in [1.165, 1.54) is 57.8 Å². The Morgan fingerprint density at radius 1 is 1.06 bits per heavy atom. The molecule has 1 nitrogen and oxygen atoms in total. The zero-order valence-corrected chi connectivity index (χ0v) is 12.3. The van der Waals surface area contributed by atoms with Crippen molar-refractivity contribution in [2.75, 3.05) is 0 Å². The fourth-order valence-electron chi connectivity index (χ4n) is 3.58. The molecule has 0 aromatic carbocycles. The molecule has 1 rings (SSSR count). The highest BCUT2D eigenvalue weighted by Gasteiger charge is 2.25. The van der Waals surface area contributed by atoms with Crippen LogP contribution in [0.15, 0.2) is 0 Å². The molecule has 0 aromatic rings. The highest BCUT2D eigenvalue weighted by molar-refractivity contribution is 4.80. The molecule has 0 bridgehead atoms. The smallest absolute Gasteiger partial charge is 0.00697 e. The second kappa shape index (κ2) is 8.13. The van der Waals surface area contributed by atoms with E-state index < -0.39 is 0 Å². The average molecular weight is 239 g/mol. The van der Waals surface area contributed by atoms with Gasteiger partial charge in [-0.2, -0.15) is 0 Å². The molecule has 17 heavy (non-hydrogen) atoms. The summed E-state index contributed by atoms with van der Waals surface area (Å²) in [4.78, 5) is 0. The summed E-state index contributed by atoms with van der Waals surface area (Å²) in [5.74, 6) is 2.65. The van der Waals surface area contributed by atoms with Crippen LogP contribution < -0.4 is 5.73 Å². The molecule has 1 aliphatic rings. The van der Waals surface area contributed by atoms with Gasteiger partial charge in [-0.05, 0) is 37.0 Å². The average Bonchev–Trinajstić information content (AvgIpc) is 2.30. The number of rotatable bonds is 7. The van der Waals surface area contributed by atoms with Crippen LogP contribution in [-0.4, -0.2) is 6.04 Å². The van der Waals surface area contributed by atoms with Crippen molar-refractivity contribution in [1.82, 2.24) is 0 Å². The van der Waals surface area contributed by atoms with Gasteiger partial charge in [0, 0.05) is 6.04 Å². The largest absolute Gasteiger partial charge is 0.327 e. The Kier molecular flexibility index (Phi) is 7.18. The van der Waals surface area contributed by atoms with Gasteiger partial charge in [0.1, 0.15) is 0 Å². The molecule has 0 heterocycles. The maximum Gasteiger partial charge on any atom is 0.00697 e. The summed E-state index contributed by atoms with van der Waals surface area (Å²) in [6.45, 7) is 6.95. The first-order valence-corrected chi connectivity index (χ1v) is 7.92. The maximum absolute atomic E-state index is 6.40. The van der Waals surface area contributed by atoms with Crippen molar-refractivity contribution in [2.45, 2.75) is 84.6 Å². The zero-order valence-electron chi connectivity index (χ0n) is 12.3. The molecule has 1 aliphatic carbocycles. The van der Waals surface area contributed by atoms with E-state index in [1.54, 1.807) is 0 Å². The third-order valence-corrected chi connectivity index (χ3v) is 4.65. The summed E-state index contributed by atoms with van der Waals surface area (Å²) >= 11 is 0. The molecule has 102 valence electrons. The van der Waals surface area contributed by atoms with Gasteiger partial charge < -0.3 is 5.73 Å². The van der Waals surface area contributed by atoms with E-state index in [9.17, 15) is 0 Å². The van der Waals surface area contributed by atoms with E-state index in [-0.39, 0.29) is 0 Å². The van der Waals surface area contributed by atoms with E-state index in [1.807, 2.05) is 0 Å². The SMILES string of the molecule is CCCC(C)CC(N)C1CCC(CCC)CC1. The molecule has 0 aliphatic heterocycles. The fourth-order valence-corrected chi connectivity index (χ4v) is 3.58. The lowest BCUT2D eigenvalue weighted by Crippen LogP contribution is -2.34. The van der Waals surface area contributed by atoms with Crippen LogP contribution in [0.25, 0.3) is 0 Å². The summed E-state index contributed by atoms with van der Waals surface area (Å²) in [7, 11) is 0. The standard InChI is InChI=1S/C16H33N/c1-4-6-13(3)12-16(17)15-10-8-14(7-5-2)9-11-15/h13-16H,4-12,17H2,1-3H3. The van der Waals surface area contributed by atoms with Crippen LogP contribution in [0.1, 0.15) is 78.6 Å². The van der Waals surface area contributed by atoms with Crippen molar-refractivity contribution in [1.29, 1.82) is 0 Å². The van der Waals surface area contributed by atoms with Gasteiger partial charge in [0.25, 0.3) is 0 Å². The van der Waals surface area contributed by atoms with Crippen molar-refractivity contribution >= 4 is 0 Å². The van der Waals surface area contributed by atoms with Crippen molar-refractivity contribution in [3.05, 3.63) is 0 Å². The van der Waals surface area contributed by atoms with Gasteiger partial charge in [0.05, 0.1) is 0 Å². The first-order chi connectivity index (χ1) is 8.17. The lowest BCUT2D eigenvalue weighted by molar-refractivity contribution is 0.216. The highest BCUT2D eigenvalue weighted by atomic mass is 14.7. The molecule has 0 amide bonds. The quantitative estimate of drug-likeness (QED) is 0.682. The first-order valence-electron chi connectivity index (χ1n) is 7.92. The van der Waals surface area contributed by atoms with E-state index in [0.29, 0.717) is 6.04 Å². The molecule has 0 saturated heterocycles. The van der Waals surface area contributed by atoms with Crippen LogP contribution in [0.3, 0.4) is 0 Å². The summed E-state index contributed by atoms with van der Waals surface area (Å²) in [6.07, 6.45) is 12.4. The van der Waals surface area contributed by atoms with Crippen LogP contribution in [0.5, 0.6) is 0 Å². The number of hydrogen-bond acceptors (Lipinski definition) is 1. The molecule has 0 radical (unpaired) electrons. The van der Waals surface area contributed by atoms with Gasteiger partial charge in [-0.3, -0.25) is 0 Å². The van der Waals surface area contributed by atoms with Crippen LogP contribution in [0, 0.1) is 17.8 Å². The van der Waals surface area contributed by atoms with Gasteiger partial charge >= 0.3 is 0 Å². The highest BCUT2D eigenvalue weighted by Crippen LogP contribution is 2.34. The minimum Gasteiger partial charge on any atom is -0.327 e. The third-order valence-electron chi connectivity index (χ3n) is 4.65. The number of hydrogen-bond donors (Lipinski definition) is 1. The van der Waals surface area contributed by atoms with E-state index >= 15 is 0 Å². The summed E-state index contributed by atoms with van der Waals surface area (Å²) in [6, 6.07) is 0.471. The third kappa shape index (κ3) is 5.42. The van der Waals surface area contributed by atoms with E-state index in [4.69, 9.17) is 5.73 Å². The van der Waals surface area contributed by atoms with E-state index in [2.05, 4.69) is 20.8 Å². The van der Waals surface area contributed by atoms with Crippen molar-refractivity contribution < 1.29 is 0 Å². The Bertz CT molecular complexity index is 182. The van der Waals surface area contributed by atoms with Gasteiger partial charge in [0.15, 0.2) is 0 Å². The van der Waals surface area contributed by atoms with Crippen molar-refractivity contribution in [3.8, 4) is 0 Å². The Labute approximate surface area is 109 Å². The Morgan fingerprint density at radius 2 is 1.71 bits per heavy atom. The monoisotopic (exact) mass is 239 g/mol. The van der Waals surface area contributed by atoms with E-state index in [0.717, 1.165) is 17.8 Å². The molecule has 2 N–H and O–H groups in total. The Balaban J connectivity index is 2.23. The molecular weight excluding hydrogens is 206 g/mol. The normalized spacial score (nSPS) is 28.9. The van der Waals surface area contributed by atoms with Crippen LogP contribution in [0.4, 0.5) is 0 Å². The first kappa shape index (κ1) is 15.0. The predicted octanol–water partition coefficient (Wildman–Crippen LogP) is 4.75. The lowest BCUT2D eigenvalue weighted by Gasteiger charge is -2.33. The second-order valence-electron chi connectivity index (χ2n) is 6.36. The van der Waals surface area contributed by atoms with Gasteiger partial charge in [-0.25, -0.2) is 0 Å². The van der Waals surface area contributed by atoms with Crippen LogP contribution >= 0.6 is 0 Å². The molecule has 1 fully saturated rings. The van der Waals surface area contributed by atoms with Crippen molar-refractivity contribution in [2.24, 2.45) is 23.5 Å². The predicted molar refractivity (Wildman–Crippen MR) is 77.0 cm³/mol. The molecular formula is C16H33N. The molecule has 2 unspecified atom stereocenters. The molecule has 1 heteroatoms. The minimum atomic E-state index is 0.471.